The van der Waals surface area contributed by atoms with Gasteiger partial charge in [0.1, 0.15) is 0 Å². The minimum Gasteiger partial charge on any atom is -0.302 e. The molecule has 0 aliphatic carbocycles. The van der Waals surface area contributed by atoms with Crippen LogP contribution >= 0.6 is 0 Å². The summed E-state index contributed by atoms with van der Waals surface area (Å²) in [7, 11) is 0. The zero-order valence-electron chi connectivity index (χ0n) is 13.2. The Morgan fingerprint density at radius 3 is 2.00 bits per heavy atom. The van der Waals surface area contributed by atoms with E-state index in [0.717, 1.165) is 0 Å². The summed E-state index contributed by atoms with van der Waals surface area (Å²) in [5.41, 5.74) is 0.337. The quantitative estimate of drug-likeness (QED) is 0.720. The molecule has 0 spiro atoms. The normalized spacial score (nSPS) is 19.7. The second kappa shape index (κ2) is 7.46. The molecule has 1 aliphatic heterocycles. The summed E-state index contributed by atoms with van der Waals surface area (Å²) in [5, 5.41) is 0. The van der Waals surface area contributed by atoms with Crippen LogP contribution in [0.3, 0.4) is 0 Å². The van der Waals surface area contributed by atoms with E-state index in [1.54, 1.807) is 0 Å². The van der Waals surface area contributed by atoms with Crippen molar-refractivity contribution in [2.45, 2.75) is 46.6 Å². The van der Waals surface area contributed by atoms with Crippen LogP contribution in [0, 0.1) is 0 Å². The highest BCUT2D eigenvalue weighted by Crippen LogP contribution is 2.15. The van der Waals surface area contributed by atoms with Crippen LogP contribution in [0.2, 0.25) is 0 Å². The Morgan fingerprint density at radius 2 is 1.56 bits per heavy atom. The molecular weight excluding hydrogens is 222 g/mol. The molecular formula is C15H33N3. The lowest BCUT2D eigenvalue weighted by Crippen LogP contribution is -2.54. The highest BCUT2D eigenvalue weighted by Gasteiger charge is 2.25. The first kappa shape index (κ1) is 15.9. The van der Waals surface area contributed by atoms with Gasteiger partial charge in [-0.05, 0) is 40.3 Å². The highest BCUT2D eigenvalue weighted by molar-refractivity contribution is 4.82. The molecule has 3 nitrogen and oxygen atoms in total. The van der Waals surface area contributed by atoms with E-state index in [4.69, 9.17) is 0 Å². The van der Waals surface area contributed by atoms with E-state index in [0.29, 0.717) is 5.54 Å². The maximum Gasteiger partial charge on any atom is 0.0126 e. The van der Waals surface area contributed by atoms with Gasteiger partial charge in [0.15, 0.2) is 0 Å². The summed E-state index contributed by atoms with van der Waals surface area (Å²) in [6.07, 6.45) is 1.27. The molecule has 0 radical (unpaired) electrons. The molecule has 0 aromatic heterocycles. The monoisotopic (exact) mass is 255 g/mol. The number of hydrogen-bond acceptors (Lipinski definition) is 3. The number of nitrogens with zero attached hydrogens (tertiary/aromatic N) is 3. The molecule has 18 heavy (non-hydrogen) atoms. The minimum atomic E-state index is 0.337. The lowest BCUT2D eigenvalue weighted by Gasteiger charge is -2.42. The predicted molar refractivity (Wildman–Crippen MR) is 80.2 cm³/mol. The zero-order valence-corrected chi connectivity index (χ0v) is 13.2. The van der Waals surface area contributed by atoms with Crippen molar-refractivity contribution in [3.05, 3.63) is 0 Å². The molecule has 0 atom stereocenters. The molecule has 1 fully saturated rings. The summed E-state index contributed by atoms with van der Waals surface area (Å²) in [6.45, 7) is 21.3. The Kier molecular flexibility index (Phi) is 6.61. The Balaban J connectivity index is 2.23. The fourth-order valence-electron chi connectivity index (χ4n) is 2.67. The van der Waals surface area contributed by atoms with Crippen LogP contribution in [0.4, 0.5) is 0 Å². The molecule has 3 heteroatoms. The van der Waals surface area contributed by atoms with Gasteiger partial charge in [0.2, 0.25) is 0 Å². The largest absolute Gasteiger partial charge is 0.302 e. The summed E-state index contributed by atoms with van der Waals surface area (Å²) >= 11 is 0. The third-order valence-corrected chi connectivity index (χ3v) is 4.04. The average Bonchev–Trinajstić information content (AvgIpc) is 2.34. The van der Waals surface area contributed by atoms with Crippen molar-refractivity contribution in [1.82, 2.24) is 14.7 Å². The van der Waals surface area contributed by atoms with E-state index in [1.165, 1.54) is 58.8 Å². The molecule has 1 heterocycles. The van der Waals surface area contributed by atoms with Crippen molar-refractivity contribution in [3.8, 4) is 0 Å². The molecule has 1 rings (SSSR count). The first-order valence-corrected chi connectivity index (χ1v) is 7.67. The molecule has 1 aliphatic rings. The van der Waals surface area contributed by atoms with E-state index in [9.17, 15) is 0 Å². The third-order valence-electron chi connectivity index (χ3n) is 4.04. The number of piperazine rings is 1. The number of hydrogen-bond donors (Lipinski definition) is 0. The topological polar surface area (TPSA) is 9.72 Å². The van der Waals surface area contributed by atoms with Crippen LogP contribution in [0.1, 0.15) is 41.0 Å². The fourth-order valence-corrected chi connectivity index (χ4v) is 2.67. The SMILES string of the molecule is CCCN(CC)CCN1CCN(C(C)(C)C)CC1. The zero-order chi connectivity index (χ0) is 13.6. The Labute approximate surface area is 114 Å². The van der Waals surface area contributed by atoms with Crippen molar-refractivity contribution < 1.29 is 0 Å². The van der Waals surface area contributed by atoms with Crippen molar-refractivity contribution >= 4 is 0 Å². The van der Waals surface area contributed by atoms with E-state index in [-0.39, 0.29) is 0 Å². The van der Waals surface area contributed by atoms with Crippen molar-refractivity contribution in [2.75, 3.05) is 52.4 Å². The van der Waals surface area contributed by atoms with Gasteiger partial charge in [0.25, 0.3) is 0 Å². The highest BCUT2D eigenvalue weighted by atomic mass is 15.3. The standard InChI is InChI=1S/C15H33N3/c1-6-8-16(7-2)9-10-17-11-13-18(14-12-17)15(3,4)5/h6-14H2,1-5H3. The van der Waals surface area contributed by atoms with Gasteiger partial charge in [-0.15, -0.1) is 0 Å². The van der Waals surface area contributed by atoms with Gasteiger partial charge in [-0.2, -0.15) is 0 Å². The summed E-state index contributed by atoms with van der Waals surface area (Å²) < 4.78 is 0. The van der Waals surface area contributed by atoms with E-state index in [1.807, 2.05) is 0 Å². The lowest BCUT2D eigenvalue weighted by molar-refractivity contribution is 0.0577. The molecule has 0 amide bonds. The van der Waals surface area contributed by atoms with Crippen LogP contribution in [-0.2, 0) is 0 Å². The molecule has 108 valence electrons. The molecule has 0 N–H and O–H groups in total. The van der Waals surface area contributed by atoms with Crippen LogP contribution in [0.25, 0.3) is 0 Å². The number of likely N-dealkylation sites (N-methyl/N-ethyl adjacent to an activating group) is 1. The average molecular weight is 255 g/mol. The molecule has 1 saturated heterocycles. The lowest BCUT2D eigenvalue weighted by atomic mass is 10.1. The van der Waals surface area contributed by atoms with Crippen LogP contribution < -0.4 is 0 Å². The molecule has 0 unspecified atom stereocenters. The third kappa shape index (κ3) is 5.25. The molecule has 0 aromatic rings. The van der Waals surface area contributed by atoms with E-state index in [2.05, 4.69) is 49.3 Å². The minimum absolute atomic E-state index is 0.337. The fraction of sp³-hybridized carbons (Fsp3) is 1.00. The summed E-state index contributed by atoms with van der Waals surface area (Å²) in [5.74, 6) is 0. The Bertz CT molecular complexity index is 214. The van der Waals surface area contributed by atoms with E-state index < -0.39 is 0 Å². The van der Waals surface area contributed by atoms with Gasteiger partial charge in [-0.25, -0.2) is 0 Å². The van der Waals surface area contributed by atoms with Crippen LogP contribution in [-0.4, -0.2) is 72.6 Å². The van der Waals surface area contributed by atoms with Crippen molar-refractivity contribution in [3.63, 3.8) is 0 Å². The van der Waals surface area contributed by atoms with Gasteiger partial charge < -0.3 is 4.90 Å². The van der Waals surface area contributed by atoms with Crippen molar-refractivity contribution in [2.24, 2.45) is 0 Å². The number of rotatable bonds is 6. The van der Waals surface area contributed by atoms with Gasteiger partial charge in [-0.3, -0.25) is 9.80 Å². The molecule has 0 saturated carbocycles. The Hall–Kier alpha value is -0.120. The van der Waals surface area contributed by atoms with Gasteiger partial charge in [0, 0.05) is 44.8 Å². The van der Waals surface area contributed by atoms with Gasteiger partial charge in [-0.1, -0.05) is 13.8 Å². The Morgan fingerprint density at radius 1 is 0.944 bits per heavy atom. The predicted octanol–water partition coefficient (Wildman–Crippen LogP) is 2.13. The smallest absolute Gasteiger partial charge is 0.0126 e. The van der Waals surface area contributed by atoms with Crippen LogP contribution in [0.15, 0.2) is 0 Å². The second-order valence-corrected chi connectivity index (χ2v) is 6.43. The molecule has 0 bridgehead atoms. The maximum atomic E-state index is 2.63. The maximum absolute atomic E-state index is 2.63. The molecule has 0 aromatic carbocycles. The van der Waals surface area contributed by atoms with Gasteiger partial charge in [0.05, 0.1) is 0 Å². The van der Waals surface area contributed by atoms with Crippen molar-refractivity contribution in [1.29, 1.82) is 0 Å². The first-order chi connectivity index (χ1) is 8.47. The summed E-state index contributed by atoms with van der Waals surface area (Å²) in [6, 6.07) is 0. The van der Waals surface area contributed by atoms with E-state index >= 15 is 0 Å². The second-order valence-electron chi connectivity index (χ2n) is 6.43. The van der Waals surface area contributed by atoms with Gasteiger partial charge >= 0.3 is 0 Å². The first-order valence-electron chi connectivity index (χ1n) is 7.67. The van der Waals surface area contributed by atoms with Crippen LogP contribution in [0.5, 0.6) is 0 Å². The summed E-state index contributed by atoms with van der Waals surface area (Å²) in [4.78, 5) is 7.80.